The van der Waals surface area contributed by atoms with Crippen molar-refractivity contribution < 1.29 is 34.3 Å². The lowest BCUT2D eigenvalue weighted by molar-refractivity contribution is -0.277. The van der Waals surface area contributed by atoms with Gasteiger partial charge in [-0.05, 0) is 18.2 Å². The van der Waals surface area contributed by atoms with Gasteiger partial charge in [0.2, 0.25) is 6.29 Å². The number of benzene rings is 1. The third-order valence-corrected chi connectivity index (χ3v) is 3.70. The average molecular weight is 324 g/mol. The summed E-state index contributed by atoms with van der Waals surface area (Å²) in [5, 5.41) is 39.2. The molecule has 8 heteroatoms. The van der Waals surface area contributed by atoms with Crippen LogP contribution in [0.15, 0.2) is 39.5 Å². The van der Waals surface area contributed by atoms with Crippen LogP contribution in [0.25, 0.3) is 11.0 Å². The summed E-state index contributed by atoms with van der Waals surface area (Å²) in [6.45, 7) is -0.544. The highest BCUT2D eigenvalue weighted by Crippen LogP contribution is 2.26. The number of rotatable bonds is 3. The summed E-state index contributed by atoms with van der Waals surface area (Å²) in [7, 11) is 0. The van der Waals surface area contributed by atoms with Crippen LogP contribution >= 0.6 is 0 Å². The van der Waals surface area contributed by atoms with Crippen LogP contribution in [0.1, 0.15) is 0 Å². The molecule has 2 heterocycles. The Bertz CT molecular complexity index is 740. The Morgan fingerprint density at radius 1 is 1.04 bits per heavy atom. The minimum atomic E-state index is -1.52. The summed E-state index contributed by atoms with van der Waals surface area (Å²) in [4.78, 5) is 11.2. The van der Waals surface area contributed by atoms with E-state index in [1.54, 1.807) is 18.2 Å². The molecule has 1 saturated heterocycles. The smallest absolute Gasteiger partial charge is 0.336 e. The molecule has 23 heavy (non-hydrogen) atoms. The maximum atomic E-state index is 11.2. The van der Waals surface area contributed by atoms with E-state index in [-0.39, 0.29) is 5.75 Å². The Labute approximate surface area is 130 Å². The van der Waals surface area contributed by atoms with Crippen LogP contribution < -0.4 is 10.4 Å². The molecule has 1 aromatic carbocycles. The maximum absolute atomic E-state index is 11.2. The van der Waals surface area contributed by atoms with Crippen molar-refractivity contribution in [2.24, 2.45) is 0 Å². The number of hydrogen-bond acceptors (Lipinski definition) is 8. The van der Waals surface area contributed by atoms with E-state index in [0.29, 0.717) is 11.0 Å². The van der Waals surface area contributed by atoms with Gasteiger partial charge in [0.1, 0.15) is 35.7 Å². The molecule has 4 N–H and O–H groups in total. The third-order valence-electron chi connectivity index (χ3n) is 3.70. The van der Waals surface area contributed by atoms with Crippen LogP contribution in [0, 0.1) is 0 Å². The van der Waals surface area contributed by atoms with Gasteiger partial charge in [0.15, 0.2) is 0 Å². The number of aliphatic hydroxyl groups excluding tert-OH is 4. The number of ether oxygens (including phenoxy) is 2. The van der Waals surface area contributed by atoms with Crippen molar-refractivity contribution in [3.05, 3.63) is 40.8 Å². The lowest BCUT2D eigenvalue weighted by atomic mass is 9.99. The first-order chi connectivity index (χ1) is 11.0. The summed E-state index contributed by atoms with van der Waals surface area (Å²) in [6.07, 6.45) is -6.84. The van der Waals surface area contributed by atoms with Gasteiger partial charge >= 0.3 is 5.63 Å². The molecule has 0 amide bonds. The third kappa shape index (κ3) is 3.07. The van der Waals surface area contributed by atoms with Crippen molar-refractivity contribution in [1.82, 2.24) is 0 Å². The molecule has 0 saturated carbocycles. The molecule has 0 unspecified atom stereocenters. The second kappa shape index (κ2) is 6.26. The Kier molecular flexibility index (Phi) is 4.33. The molecule has 0 bridgehead atoms. The van der Waals surface area contributed by atoms with Crippen molar-refractivity contribution >= 4 is 11.0 Å². The summed E-state index contributed by atoms with van der Waals surface area (Å²) in [5.41, 5.74) is -0.220. The van der Waals surface area contributed by atoms with Gasteiger partial charge in [0.05, 0.1) is 6.61 Å². The number of hydrogen-bond donors (Lipinski definition) is 4. The zero-order chi connectivity index (χ0) is 16.6. The molecule has 1 aliphatic heterocycles. The van der Waals surface area contributed by atoms with E-state index in [2.05, 4.69) is 0 Å². The van der Waals surface area contributed by atoms with E-state index in [0.717, 1.165) is 0 Å². The zero-order valence-electron chi connectivity index (χ0n) is 11.9. The average Bonchev–Trinajstić information content (AvgIpc) is 2.55. The lowest BCUT2D eigenvalue weighted by Crippen LogP contribution is -2.60. The van der Waals surface area contributed by atoms with Crippen LogP contribution in [-0.2, 0) is 4.74 Å². The van der Waals surface area contributed by atoms with Crippen molar-refractivity contribution in [3.8, 4) is 5.75 Å². The Morgan fingerprint density at radius 3 is 2.52 bits per heavy atom. The molecule has 5 atom stereocenters. The second-order valence-corrected chi connectivity index (χ2v) is 5.27. The van der Waals surface area contributed by atoms with Crippen molar-refractivity contribution in [2.45, 2.75) is 30.7 Å². The fourth-order valence-corrected chi connectivity index (χ4v) is 2.41. The molecule has 124 valence electrons. The molecular formula is C15H16O8. The monoisotopic (exact) mass is 324 g/mol. The van der Waals surface area contributed by atoms with E-state index in [1.807, 2.05) is 0 Å². The molecule has 0 spiro atoms. The largest absolute Gasteiger partial charge is 0.462 e. The van der Waals surface area contributed by atoms with Gasteiger partial charge in [0.25, 0.3) is 0 Å². The lowest BCUT2D eigenvalue weighted by Gasteiger charge is -2.39. The minimum absolute atomic E-state index is 0.233. The first-order valence-electron chi connectivity index (χ1n) is 7.00. The number of aliphatic hydroxyl groups is 4. The van der Waals surface area contributed by atoms with Crippen LogP contribution in [0.5, 0.6) is 5.75 Å². The van der Waals surface area contributed by atoms with Crippen molar-refractivity contribution in [2.75, 3.05) is 6.61 Å². The van der Waals surface area contributed by atoms with E-state index < -0.39 is 42.9 Å². The van der Waals surface area contributed by atoms with Crippen LogP contribution in [0.2, 0.25) is 0 Å². The molecule has 8 nitrogen and oxygen atoms in total. The Morgan fingerprint density at radius 2 is 1.78 bits per heavy atom. The van der Waals surface area contributed by atoms with Gasteiger partial charge in [-0.1, -0.05) is 0 Å². The predicted octanol–water partition coefficient (Wildman–Crippen LogP) is -1.03. The van der Waals surface area contributed by atoms with Gasteiger partial charge in [-0.2, -0.15) is 0 Å². The zero-order valence-corrected chi connectivity index (χ0v) is 11.9. The molecule has 3 rings (SSSR count). The van der Waals surface area contributed by atoms with E-state index >= 15 is 0 Å². The molecule has 1 fully saturated rings. The highest BCUT2D eigenvalue weighted by molar-refractivity contribution is 5.77. The highest BCUT2D eigenvalue weighted by atomic mass is 16.7. The molecule has 1 aromatic heterocycles. The minimum Gasteiger partial charge on any atom is -0.462 e. The second-order valence-electron chi connectivity index (χ2n) is 5.27. The van der Waals surface area contributed by atoms with Gasteiger partial charge < -0.3 is 34.3 Å². The van der Waals surface area contributed by atoms with Crippen LogP contribution in [0.3, 0.4) is 0 Å². The standard InChI is InChI=1S/C15H16O8/c16-6-10-12(18)13(19)14(20)15(23-10)21-8-3-1-7-2-4-11(17)22-9(7)5-8/h1-5,10,12-16,18-20H,6H2/t10-,12-,13+,14-,15-/m1/s1. The normalized spacial score (nSPS) is 31.2. The van der Waals surface area contributed by atoms with Crippen LogP contribution in [0.4, 0.5) is 0 Å². The highest BCUT2D eigenvalue weighted by Gasteiger charge is 2.44. The summed E-state index contributed by atoms with van der Waals surface area (Å²) in [5.74, 6) is 0.233. The first-order valence-corrected chi connectivity index (χ1v) is 7.00. The van der Waals surface area contributed by atoms with Gasteiger partial charge in [-0.3, -0.25) is 0 Å². The molecule has 1 aliphatic rings. The predicted molar refractivity (Wildman–Crippen MR) is 76.9 cm³/mol. The maximum Gasteiger partial charge on any atom is 0.336 e. The van der Waals surface area contributed by atoms with Crippen molar-refractivity contribution in [1.29, 1.82) is 0 Å². The van der Waals surface area contributed by atoms with E-state index in [9.17, 15) is 20.1 Å². The summed E-state index contributed by atoms with van der Waals surface area (Å²) >= 11 is 0. The van der Waals surface area contributed by atoms with E-state index in [4.69, 9.17) is 19.0 Å². The SMILES string of the molecule is O=c1ccc2ccc(O[C@@H]3O[C@H](CO)[C@@H](O)[C@H](O)[C@H]3O)cc2o1. The Hall–Kier alpha value is -1.97. The number of fused-ring (bicyclic) bond motifs is 1. The van der Waals surface area contributed by atoms with E-state index in [1.165, 1.54) is 12.1 Å². The fraction of sp³-hybridized carbons (Fsp3) is 0.400. The fourth-order valence-electron chi connectivity index (χ4n) is 2.41. The quantitative estimate of drug-likeness (QED) is 0.528. The van der Waals surface area contributed by atoms with Crippen LogP contribution in [-0.4, -0.2) is 57.7 Å². The summed E-state index contributed by atoms with van der Waals surface area (Å²) < 4.78 is 15.7. The molecule has 0 aliphatic carbocycles. The molecule has 0 radical (unpaired) electrons. The van der Waals surface area contributed by atoms with Gasteiger partial charge in [0, 0.05) is 17.5 Å². The summed E-state index contributed by atoms with van der Waals surface area (Å²) in [6, 6.07) is 7.55. The first kappa shape index (κ1) is 15.9. The topological polar surface area (TPSA) is 130 Å². The molecular weight excluding hydrogens is 308 g/mol. The van der Waals surface area contributed by atoms with Gasteiger partial charge in [-0.25, -0.2) is 4.79 Å². The van der Waals surface area contributed by atoms with Gasteiger partial charge in [-0.15, -0.1) is 0 Å². The van der Waals surface area contributed by atoms with Crippen molar-refractivity contribution in [3.63, 3.8) is 0 Å². The Balaban J connectivity index is 1.84. The molecule has 2 aromatic rings.